The van der Waals surface area contributed by atoms with Gasteiger partial charge in [-0.25, -0.2) is 9.97 Å². The molecule has 0 aromatic carbocycles. The van der Waals surface area contributed by atoms with Crippen molar-refractivity contribution in [2.45, 2.75) is 38.6 Å². The van der Waals surface area contributed by atoms with Crippen LogP contribution in [0.25, 0.3) is 0 Å². The molecule has 0 spiro atoms. The Morgan fingerprint density at radius 3 is 2.78 bits per heavy atom. The van der Waals surface area contributed by atoms with Gasteiger partial charge < -0.3 is 10.2 Å². The van der Waals surface area contributed by atoms with Crippen LogP contribution in [0.2, 0.25) is 5.02 Å². The summed E-state index contributed by atoms with van der Waals surface area (Å²) >= 11 is 5.83. The van der Waals surface area contributed by atoms with Crippen LogP contribution in [0.15, 0.2) is 12.4 Å². The molecule has 1 aliphatic heterocycles. The summed E-state index contributed by atoms with van der Waals surface area (Å²) in [6, 6.07) is 0.560. The first-order chi connectivity index (χ1) is 8.79. The highest BCUT2D eigenvalue weighted by molar-refractivity contribution is 6.30. The fraction of sp³-hybridized carbons (Fsp3) is 0.692. The Labute approximate surface area is 114 Å². The van der Waals surface area contributed by atoms with Crippen molar-refractivity contribution < 1.29 is 0 Å². The van der Waals surface area contributed by atoms with E-state index in [4.69, 9.17) is 11.6 Å². The van der Waals surface area contributed by atoms with Crippen LogP contribution in [0, 0.1) is 0 Å². The molecule has 0 saturated carbocycles. The molecule has 1 aliphatic rings. The molecule has 4 nitrogen and oxygen atoms in total. The van der Waals surface area contributed by atoms with Crippen molar-refractivity contribution in [1.82, 2.24) is 15.3 Å². The predicted molar refractivity (Wildman–Crippen MR) is 75.2 cm³/mol. The average Bonchev–Trinajstić information content (AvgIpc) is 2.40. The minimum Gasteiger partial charge on any atom is -0.339 e. The van der Waals surface area contributed by atoms with Crippen LogP contribution >= 0.6 is 11.6 Å². The van der Waals surface area contributed by atoms with Crippen LogP contribution in [0.4, 0.5) is 5.95 Å². The predicted octanol–water partition coefficient (Wildman–Crippen LogP) is 2.49. The summed E-state index contributed by atoms with van der Waals surface area (Å²) in [6.07, 6.45) is 8.29. The van der Waals surface area contributed by atoms with Crippen LogP contribution in [0.5, 0.6) is 0 Å². The molecule has 0 radical (unpaired) electrons. The molecule has 0 amide bonds. The molecule has 1 aromatic heterocycles. The van der Waals surface area contributed by atoms with Crippen molar-refractivity contribution in [2.75, 3.05) is 24.5 Å². The van der Waals surface area contributed by atoms with Crippen LogP contribution in [0.1, 0.15) is 32.6 Å². The zero-order valence-corrected chi connectivity index (χ0v) is 11.7. The molecular weight excluding hydrogens is 248 g/mol. The molecule has 1 saturated heterocycles. The van der Waals surface area contributed by atoms with Gasteiger partial charge in [0.15, 0.2) is 0 Å². The number of hydrogen-bond donors (Lipinski definition) is 1. The smallest absolute Gasteiger partial charge is 0.225 e. The molecule has 1 unspecified atom stereocenters. The van der Waals surface area contributed by atoms with Crippen molar-refractivity contribution in [1.29, 1.82) is 0 Å². The van der Waals surface area contributed by atoms with E-state index in [0.717, 1.165) is 32.0 Å². The fourth-order valence-electron chi connectivity index (χ4n) is 2.36. The first-order valence-corrected chi connectivity index (χ1v) is 7.13. The van der Waals surface area contributed by atoms with Crippen molar-refractivity contribution in [3.8, 4) is 0 Å². The highest BCUT2D eigenvalue weighted by Gasteiger charge is 2.17. The Morgan fingerprint density at radius 2 is 2.17 bits per heavy atom. The van der Waals surface area contributed by atoms with Gasteiger partial charge >= 0.3 is 0 Å². The third-order valence-electron chi connectivity index (χ3n) is 3.24. The van der Waals surface area contributed by atoms with Crippen molar-refractivity contribution in [2.24, 2.45) is 0 Å². The molecule has 5 heteroatoms. The van der Waals surface area contributed by atoms with Gasteiger partial charge in [0.1, 0.15) is 0 Å². The number of anilines is 1. The second-order valence-electron chi connectivity index (χ2n) is 4.79. The maximum Gasteiger partial charge on any atom is 0.225 e. The molecule has 1 aromatic rings. The van der Waals surface area contributed by atoms with Gasteiger partial charge in [0.2, 0.25) is 5.95 Å². The van der Waals surface area contributed by atoms with E-state index in [1.165, 1.54) is 19.3 Å². The molecule has 0 bridgehead atoms. The quantitative estimate of drug-likeness (QED) is 0.891. The Hall–Kier alpha value is -0.870. The summed E-state index contributed by atoms with van der Waals surface area (Å²) < 4.78 is 0. The van der Waals surface area contributed by atoms with Gasteiger partial charge in [-0.1, -0.05) is 24.9 Å². The van der Waals surface area contributed by atoms with E-state index in [2.05, 4.69) is 27.1 Å². The monoisotopic (exact) mass is 268 g/mol. The summed E-state index contributed by atoms with van der Waals surface area (Å²) in [6.45, 7) is 5.28. The minimum atomic E-state index is 0.560. The lowest BCUT2D eigenvalue weighted by Gasteiger charge is -2.30. The zero-order valence-electron chi connectivity index (χ0n) is 10.9. The SMILES string of the molecule is CCCN(CC1CCCCN1)c1ncc(Cl)cn1. The first kappa shape index (κ1) is 13.6. The van der Waals surface area contributed by atoms with Gasteiger partial charge in [0.25, 0.3) is 0 Å². The van der Waals surface area contributed by atoms with Crippen molar-refractivity contribution in [3.05, 3.63) is 17.4 Å². The van der Waals surface area contributed by atoms with Crippen molar-refractivity contribution >= 4 is 17.5 Å². The van der Waals surface area contributed by atoms with Gasteiger partial charge in [-0.15, -0.1) is 0 Å². The molecule has 1 atom stereocenters. The van der Waals surface area contributed by atoms with E-state index in [-0.39, 0.29) is 0 Å². The Balaban J connectivity index is 2.00. The lowest BCUT2D eigenvalue weighted by molar-refractivity contribution is 0.397. The Morgan fingerprint density at radius 1 is 1.39 bits per heavy atom. The van der Waals surface area contributed by atoms with Gasteiger partial charge in [0, 0.05) is 19.1 Å². The summed E-state index contributed by atoms with van der Waals surface area (Å²) in [5, 5.41) is 4.15. The maximum absolute atomic E-state index is 5.83. The molecule has 1 N–H and O–H groups in total. The molecule has 100 valence electrons. The lowest BCUT2D eigenvalue weighted by atomic mass is 10.0. The molecule has 18 heavy (non-hydrogen) atoms. The van der Waals surface area contributed by atoms with E-state index in [1.807, 2.05) is 0 Å². The summed E-state index contributed by atoms with van der Waals surface area (Å²) in [7, 11) is 0. The van der Waals surface area contributed by atoms with Crippen molar-refractivity contribution in [3.63, 3.8) is 0 Å². The van der Waals surface area contributed by atoms with E-state index in [9.17, 15) is 0 Å². The summed E-state index contributed by atoms with van der Waals surface area (Å²) in [5.41, 5.74) is 0. The molecular formula is C13H21ClN4. The highest BCUT2D eigenvalue weighted by atomic mass is 35.5. The van der Waals surface area contributed by atoms with Gasteiger partial charge in [-0.3, -0.25) is 0 Å². The average molecular weight is 269 g/mol. The molecule has 2 heterocycles. The Bertz CT molecular complexity index is 349. The van der Waals surface area contributed by atoms with Gasteiger partial charge in [0.05, 0.1) is 17.4 Å². The third kappa shape index (κ3) is 3.82. The molecule has 2 rings (SSSR count). The number of nitrogens with zero attached hydrogens (tertiary/aromatic N) is 3. The van der Waals surface area contributed by atoms with Crippen LogP contribution in [-0.2, 0) is 0 Å². The van der Waals surface area contributed by atoms with Gasteiger partial charge in [-0.2, -0.15) is 0 Å². The number of nitrogens with one attached hydrogen (secondary N) is 1. The lowest BCUT2D eigenvalue weighted by Crippen LogP contribution is -2.44. The topological polar surface area (TPSA) is 41.0 Å². The van der Waals surface area contributed by atoms with E-state index in [0.29, 0.717) is 11.1 Å². The third-order valence-corrected chi connectivity index (χ3v) is 3.43. The standard InChI is InChI=1S/C13H21ClN4/c1-2-7-18(10-12-5-3-4-6-15-12)13-16-8-11(14)9-17-13/h8-9,12,15H,2-7,10H2,1H3. The number of rotatable bonds is 5. The zero-order chi connectivity index (χ0) is 12.8. The number of piperidine rings is 1. The number of hydrogen-bond acceptors (Lipinski definition) is 4. The molecule has 0 aliphatic carbocycles. The fourth-order valence-corrected chi connectivity index (χ4v) is 2.46. The van der Waals surface area contributed by atoms with Crippen LogP contribution < -0.4 is 10.2 Å². The Kier molecular flexibility index (Phi) is 5.20. The summed E-state index contributed by atoms with van der Waals surface area (Å²) in [4.78, 5) is 10.9. The second kappa shape index (κ2) is 6.90. The van der Waals surface area contributed by atoms with E-state index < -0.39 is 0 Å². The first-order valence-electron chi connectivity index (χ1n) is 6.75. The second-order valence-corrected chi connectivity index (χ2v) is 5.23. The number of aromatic nitrogens is 2. The normalized spacial score (nSPS) is 19.8. The number of halogens is 1. The molecule has 1 fully saturated rings. The van der Waals surface area contributed by atoms with Gasteiger partial charge in [-0.05, 0) is 25.8 Å². The minimum absolute atomic E-state index is 0.560. The van der Waals surface area contributed by atoms with Crippen LogP contribution in [-0.4, -0.2) is 35.6 Å². The highest BCUT2D eigenvalue weighted by Crippen LogP contribution is 2.14. The largest absolute Gasteiger partial charge is 0.339 e. The van der Waals surface area contributed by atoms with E-state index in [1.54, 1.807) is 12.4 Å². The summed E-state index contributed by atoms with van der Waals surface area (Å²) in [5.74, 6) is 0.786. The van der Waals surface area contributed by atoms with E-state index >= 15 is 0 Å². The van der Waals surface area contributed by atoms with Crippen LogP contribution in [0.3, 0.4) is 0 Å². The maximum atomic E-state index is 5.83.